The Morgan fingerprint density at radius 1 is 0.885 bits per heavy atom. The maximum atomic E-state index is 12.7. The molecule has 5 rings (SSSR count). The Morgan fingerprint density at radius 2 is 1.46 bits per heavy atom. The van der Waals surface area contributed by atoms with Gasteiger partial charge in [0.05, 0.1) is 25.1 Å². The van der Waals surface area contributed by atoms with Crippen LogP contribution in [0.2, 0.25) is 0 Å². The molecule has 0 radical (unpaired) electrons. The Balaban J connectivity index is 0.000000236. The van der Waals surface area contributed by atoms with Gasteiger partial charge in [-0.25, -0.2) is 0 Å². The minimum Gasteiger partial charge on any atom is -0.496 e. The number of ether oxygens (including phenoxy) is 1. The first-order valence-electron chi connectivity index (χ1n) is 17.0. The molecule has 0 saturated heterocycles. The number of hydrogen-bond donors (Lipinski definition) is 3. The Bertz CT molecular complexity index is 2080. The van der Waals surface area contributed by atoms with E-state index in [4.69, 9.17) is 20.2 Å². The fourth-order valence-electron chi connectivity index (χ4n) is 5.87. The van der Waals surface area contributed by atoms with Gasteiger partial charge in [0.15, 0.2) is 5.43 Å². The third-order valence-corrected chi connectivity index (χ3v) is 9.01. The molecule has 0 saturated carbocycles. The van der Waals surface area contributed by atoms with Crippen molar-refractivity contribution in [1.82, 2.24) is 20.1 Å². The lowest BCUT2D eigenvalue weighted by atomic mass is 9.94. The van der Waals surface area contributed by atoms with Crippen molar-refractivity contribution in [3.05, 3.63) is 126 Å². The monoisotopic (exact) mass is 717 g/mol. The molecule has 3 heterocycles. The van der Waals surface area contributed by atoms with Crippen molar-refractivity contribution in [2.75, 3.05) is 13.7 Å². The lowest BCUT2D eigenvalue weighted by Crippen LogP contribution is -2.20. The predicted molar refractivity (Wildman–Crippen MR) is 196 cm³/mol. The fraction of sp³-hybridized carbons (Fsp3) is 0.375. The maximum absolute atomic E-state index is 12.7. The van der Waals surface area contributed by atoms with Crippen molar-refractivity contribution >= 4 is 5.71 Å². The van der Waals surface area contributed by atoms with Crippen molar-refractivity contribution in [2.45, 2.75) is 86.2 Å². The Kier molecular flexibility index (Phi) is 12.6. The van der Waals surface area contributed by atoms with Crippen LogP contribution in [-0.4, -0.2) is 44.6 Å². The van der Waals surface area contributed by atoms with Crippen LogP contribution >= 0.6 is 0 Å². The minimum atomic E-state index is -4.68. The van der Waals surface area contributed by atoms with Crippen LogP contribution in [0.15, 0.2) is 57.8 Å². The van der Waals surface area contributed by atoms with Crippen LogP contribution in [0.5, 0.6) is 5.75 Å². The Labute approximate surface area is 301 Å². The van der Waals surface area contributed by atoms with Crippen molar-refractivity contribution < 1.29 is 27.5 Å². The third-order valence-electron chi connectivity index (χ3n) is 9.01. The summed E-state index contributed by atoms with van der Waals surface area (Å²) in [6, 6.07) is 14.5. The Morgan fingerprint density at radius 3 is 1.96 bits per heavy atom. The van der Waals surface area contributed by atoms with Gasteiger partial charge < -0.3 is 24.8 Å². The number of pyridine rings is 2. The number of aryl methyl sites for hydroxylation is 2. The largest absolute Gasteiger partial charge is 0.496 e. The zero-order valence-corrected chi connectivity index (χ0v) is 31.0. The second kappa shape index (κ2) is 16.5. The van der Waals surface area contributed by atoms with E-state index in [0.29, 0.717) is 29.0 Å². The smallest absolute Gasteiger partial charge is 0.471 e. The van der Waals surface area contributed by atoms with E-state index in [-0.39, 0.29) is 29.5 Å². The second-order valence-electron chi connectivity index (χ2n) is 13.4. The second-order valence-corrected chi connectivity index (χ2v) is 13.4. The van der Waals surface area contributed by atoms with E-state index in [1.54, 1.807) is 38.3 Å². The molecule has 0 aliphatic rings. The molecule has 2 aromatic carbocycles. The summed E-state index contributed by atoms with van der Waals surface area (Å²) >= 11 is 0. The highest BCUT2D eigenvalue weighted by Crippen LogP contribution is 2.33. The zero-order chi connectivity index (χ0) is 38.5. The van der Waals surface area contributed by atoms with Crippen LogP contribution < -0.4 is 10.2 Å². The first-order valence-corrected chi connectivity index (χ1v) is 17.0. The molecule has 12 heteroatoms. The molecule has 0 amide bonds. The van der Waals surface area contributed by atoms with Crippen LogP contribution in [0.25, 0.3) is 11.4 Å². The first kappa shape index (κ1) is 39.7. The van der Waals surface area contributed by atoms with Crippen LogP contribution in [0, 0.1) is 33.1 Å². The first-order chi connectivity index (χ1) is 24.5. The summed E-state index contributed by atoms with van der Waals surface area (Å²) in [7, 11) is 1.71. The number of H-pyrrole nitrogens is 1. The molecule has 0 bridgehead atoms. The van der Waals surface area contributed by atoms with Crippen LogP contribution in [-0.2, 0) is 19.0 Å². The van der Waals surface area contributed by atoms with Gasteiger partial charge in [-0.05, 0) is 56.2 Å². The number of benzene rings is 2. The molecular formula is C40H46F3N5O4. The van der Waals surface area contributed by atoms with Crippen LogP contribution in [0.4, 0.5) is 13.2 Å². The number of aliphatic hydroxyl groups is 1. The lowest BCUT2D eigenvalue weighted by Gasteiger charge is -2.19. The fourth-order valence-corrected chi connectivity index (χ4v) is 5.87. The number of aromatic nitrogens is 4. The van der Waals surface area contributed by atoms with E-state index >= 15 is 0 Å². The van der Waals surface area contributed by atoms with Crippen LogP contribution in [0.1, 0.15) is 107 Å². The normalized spacial score (nSPS) is 11.5. The summed E-state index contributed by atoms with van der Waals surface area (Å²) in [5.41, 5.74) is 10.8. The molecular weight excluding hydrogens is 671 g/mol. The van der Waals surface area contributed by atoms with Crippen molar-refractivity contribution in [3.8, 4) is 17.1 Å². The quantitative estimate of drug-likeness (QED) is 0.123. The van der Waals surface area contributed by atoms with Gasteiger partial charge in [0.2, 0.25) is 5.82 Å². The molecule has 0 atom stereocenters. The van der Waals surface area contributed by atoms with Gasteiger partial charge in [0.25, 0.3) is 0 Å². The van der Waals surface area contributed by atoms with Crippen molar-refractivity contribution in [1.29, 1.82) is 5.41 Å². The lowest BCUT2D eigenvalue weighted by molar-refractivity contribution is -0.159. The van der Waals surface area contributed by atoms with Gasteiger partial charge in [0.1, 0.15) is 5.75 Å². The minimum absolute atomic E-state index is 0.0111. The van der Waals surface area contributed by atoms with E-state index in [1.165, 1.54) is 0 Å². The van der Waals surface area contributed by atoms with Gasteiger partial charge in [-0.1, -0.05) is 81.4 Å². The summed E-state index contributed by atoms with van der Waals surface area (Å²) in [5, 5.41) is 20.1. The number of hydrogen-bond acceptors (Lipinski definition) is 8. The highest BCUT2D eigenvalue weighted by atomic mass is 19.4. The molecule has 0 spiro atoms. The number of aromatic amines is 1. The van der Waals surface area contributed by atoms with E-state index in [0.717, 1.165) is 62.8 Å². The average Bonchev–Trinajstić information content (AvgIpc) is 3.62. The molecule has 9 nitrogen and oxygen atoms in total. The number of aliphatic hydroxyl groups excluding tert-OH is 1. The highest BCUT2D eigenvalue weighted by Gasteiger charge is 2.38. The molecule has 52 heavy (non-hydrogen) atoms. The summed E-state index contributed by atoms with van der Waals surface area (Å²) in [6.07, 6.45) is -3.52. The molecule has 3 aromatic heterocycles. The number of halogens is 3. The van der Waals surface area contributed by atoms with Gasteiger partial charge in [0, 0.05) is 57.7 Å². The number of nitrogens with one attached hydrogen (secondary N) is 2. The molecule has 0 fully saturated rings. The standard InChI is InChI=1S/C20H20F3N3O2.C20H26N2O2/c1-10(2)16-15(17(27)11(3)12(4)24-16)9-13-5-7-14(8-6-13)18-25-19(28-26-18)20(21,22)23;1-12(2)19-17(20(24-5)13(3)14(4)22-19)10-15-6-8-16(9-7-15)18(21)11-23/h5-8,10H,9H2,1-4H3,(H,24,27);6-9,12,21,23H,10-11H2,1-5H3. The van der Waals surface area contributed by atoms with E-state index in [2.05, 4.69) is 33.5 Å². The summed E-state index contributed by atoms with van der Waals surface area (Å²) in [4.78, 5) is 24.2. The highest BCUT2D eigenvalue weighted by molar-refractivity contribution is 5.99. The molecule has 0 unspecified atom stereocenters. The number of nitrogens with zero attached hydrogens (tertiary/aromatic N) is 3. The number of methoxy groups -OCH3 is 1. The van der Waals surface area contributed by atoms with E-state index < -0.39 is 12.1 Å². The third kappa shape index (κ3) is 9.03. The van der Waals surface area contributed by atoms with Crippen molar-refractivity contribution in [3.63, 3.8) is 0 Å². The maximum Gasteiger partial charge on any atom is 0.471 e. The molecule has 0 aliphatic heterocycles. The van der Waals surface area contributed by atoms with E-state index in [1.807, 2.05) is 58.9 Å². The zero-order valence-electron chi connectivity index (χ0n) is 31.0. The SMILES string of the molecule is COc1c(C)c(C)nc(C(C)C)c1Cc1ccc(C(=N)CO)cc1.Cc1[nH]c(C(C)C)c(Cc2ccc(-c3noc(C(F)(F)F)n3)cc2)c(=O)c1C. The molecule has 3 N–H and O–H groups in total. The topological polar surface area (TPSA) is 138 Å². The average molecular weight is 718 g/mol. The molecule has 276 valence electrons. The summed E-state index contributed by atoms with van der Waals surface area (Å²) in [6.45, 7) is 15.8. The number of alkyl halides is 3. The van der Waals surface area contributed by atoms with Crippen molar-refractivity contribution in [2.24, 2.45) is 0 Å². The van der Waals surface area contributed by atoms with Gasteiger partial charge in [-0.2, -0.15) is 18.2 Å². The van der Waals surface area contributed by atoms with Crippen LogP contribution in [0.3, 0.4) is 0 Å². The predicted octanol–water partition coefficient (Wildman–Crippen LogP) is 8.56. The van der Waals surface area contributed by atoms with Gasteiger partial charge >= 0.3 is 12.1 Å². The molecule has 0 aliphatic carbocycles. The molecule has 5 aromatic rings. The van der Waals surface area contributed by atoms with Gasteiger partial charge in [-0.3, -0.25) is 9.78 Å². The Hall–Kier alpha value is -5.10. The van der Waals surface area contributed by atoms with E-state index in [9.17, 15) is 18.0 Å². The van der Waals surface area contributed by atoms with Gasteiger partial charge in [-0.15, -0.1) is 0 Å². The number of rotatable bonds is 10. The summed E-state index contributed by atoms with van der Waals surface area (Å²) in [5.74, 6) is -0.129. The summed E-state index contributed by atoms with van der Waals surface area (Å²) < 4.78 is 47.7.